The molecule has 0 aromatic carbocycles. The number of carbonyl (C=O) groups is 2. The SMILES string of the molecule is CC[C@H](C)[C@H](N)C(=O)N[C@H](C=O)CC(C)C. The molecule has 0 aromatic rings. The van der Waals surface area contributed by atoms with E-state index in [1.807, 2.05) is 27.7 Å². The largest absolute Gasteiger partial charge is 0.345 e. The van der Waals surface area contributed by atoms with Crippen molar-refractivity contribution in [3.63, 3.8) is 0 Å². The molecule has 0 unspecified atom stereocenters. The van der Waals surface area contributed by atoms with Crippen LogP contribution in [0.4, 0.5) is 0 Å². The van der Waals surface area contributed by atoms with Crippen LogP contribution in [0.2, 0.25) is 0 Å². The van der Waals surface area contributed by atoms with E-state index in [0.717, 1.165) is 12.7 Å². The smallest absolute Gasteiger partial charge is 0.237 e. The number of nitrogens with two attached hydrogens (primary N) is 1. The van der Waals surface area contributed by atoms with Crippen molar-refractivity contribution in [2.45, 2.75) is 52.6 Å². The van der Waals surface area contributed by atoms with E-state index in [1.165, 1.54) is 0 Å². The van der Waals surface area contributed by atoms with Crippen molar-refractivity contribution < 1.29 is 9.59 Å². The average Bonchev–Trinajstić information content (AvgIpc) is 2.25. The summed E-state index contributed by atoms with van der Waals surface area (Å²) in [5.41, 5.74) is 5.78. The maximum Gasteiger partial charge on any atom is 0.237 e. The van der Waals surface area contributed by atoms with Crippen LogP contribution in [0.5, 0.6) is 0 Å². The minimum absolute atomic E-state index is 0.131. The fraction of sp³-hybridized carbons (Fsp3) is 0.833. The molecule has 4 nitrogen and oxygen atoms in total. The minimum atomic E-state index is -0.528. The van der Waals surface area contributed by atoms with Gasteiger partial charge in [-0.25, -0.2) is 0 Å². The van der Waals surface area contributed by atoms with Crippen LogP contribution < -0.4 is 11.1 Å². The van der Waals surface area contributed by atoms with E-state index >= 15 is 0 Å². The summed E-state index contributed by atoms with van der Waals surface area (Å²) < 4.78 is 0. The maximum atomic E-state index is 11.7. The quantitative estimate of drug-likeness (QED) is 0.641. The van der Waals surface area contributed by atoms with Crippen molar-refractivity contribution in [2.24, 2.45) is 17.6 Å². The van der Waals surface area contributed by atoms with Gasteiger partial charge in [0, 0.05) is 0 Å². The van der Waals surface area contributed by atoms with Gasteiger partial charge in [-0.3, -0.25) is 4.79 Å². The Labute approximate surface area is 98.0 Å². The van der Waals surface area contributed by atoms with Crippen LogP contribution in [0.1, 0.15) is 40.5 Å². The van der Waals surface area contributed by atoms with Gasteiger partial charge in [0.15, 0.2) is 0 Å². The minimum Gasteiger partial charge on any atom is -0.345 e. The lowest BCUT2D eigenvalue weighted by Crippen LogP contribution is -2.49. The highest BCUT2D eigenvalue weighted by molar-refractivity contribution is 5.84. The first-order valence-corrected chi connectivity index (χ1v) is 5.93. The molecule has 0 aliphatic heterocycles. The second-order valence-corrected chi connectivity index (χ2v) is 4.79. The number of hydrogen-bond donors (Lipinski definition) is 2. The van der Waals surface area contributed by atoms with Crippen molar-refractivity contribution in [1.82, 2.24) is 5.32 Å². The third-order valence-electron chi connectivity index (χ3n) is 2.78. The second kappa shape index (κ2) is 7.39. The van der Waals surface area contributed by atoms with Gasteiger partial charge in [0.05, 0.1) is 12.1 Å². The molecule has 0 aliphatic rings. The Balaban J connectivity index is 4.24. The Bertz CT molecular complexity index is 229. The van der Waals surface area contributed by atoms with E-state index in [9.17, 15) is 9.59 Å². The summed E-state index contributed by atoms with van der Waals surface area (Å²) in [4.78, 5) is 22.5. The third-order valence-corrected chi connectivity index (χ3v) is 2.78. The fourth-order valence-electron chi connectivity index (χ4n) is 1.45. The zero-order valence-corrected chi connectivity index (χ0v) is 10.7. The molecule has 3 N–H and O–H groups in total. The van der Waals surface area contributed by atoms with Crippen LogP contribution in [0.25, 0.3) is 0 Å². The van der Waals surface area contributed by atoms with Gasteiger partial charge in [-0.2, -0.15) is 0 Å². The monoisotopic (exact) mass is 228 g/mol. The van der Waals surface area contributed by atoms with Crippen LogP contribution in [0, 0.1) is 11.8 Å². The van der Waals surface area contributed by atoms with Gasteiger partial charge >= 0.3 is 0 Å². The van der Waals surface area contributed by atoms with Crippen LogP contribution in [0.3, 0.4) is 0 Å². The summed E-state index contributed by atoms with van der Waals surface area (Å²) in [6, 6.07) is -0.942. The molecule has 0 saturated carbocycles. The molecule has 3 atom stereocenters. The molecule has 16 heavy (non-hydrogen) atoms. The van der Waals surface area contributed by atoms with E-state index in [4.69, 9.17) is 5.73 Å². The van der Waals surface area contributed by atoms with E-state index in [-0.39, 0.29) is 11.8 Å². The van der Waals surface area contributed by atoms with Crippen molar-refractivity contribution in [3.8, 4) is 0 Å². The van der Waals surface area contributed by atoms with Crippen molar-refractivity contribution in [1.29, 1.82) is 0 Å². The average molecular weight is 228 g/mol. The predicted molar refractivity (Wildman–Crippen MR) is 64.9 cm³/mol. The lowest BCUT2D eigenvalue weighted by molar-refractivity contribution is -0.126. The normalized spacial score (nSPS) is 16.6. The van der Waals surface area contributed by atoms with Crippen LogP contribution >= 0.6 is 0 Å². The van der Waals surface area contributed by atoms with Gasteiger partial charge in [-0.15, -0.1) is 0 Å². The zero-order chi connectivity index (χ0) is 12.7. The number of rotatable bonds is 7. The van der Waals surface area contributed by atoms with Gasteiger partial charge in [0.2, 0.25) is 5.91 Å². The Morgan fingerprint density at radius 1 is 1.38 bits per heavy atom. The highest BCUT2D eigenvalue weighted by atomic mass is 16.2. The maximum absolute atomic E-state index is 11.7. The molecule has 4 heteroatoms. The molecule has 1 amide bonds. The zero-order valence-electron chi connectivity index (χ0n) is 10.7. The summed E-state index contributed by atoms with van der Waals surface area (Å²) in [5.74, 6) is 0.272. The molecule has 0 aliphatic carbocycles. The van der Waals surface area contributed by atoms with E-state index in [2.05, 4.69) is 5.32 Å². The van der Waals surface area contributed by atoms with Gasteiger partial charge in [-0.1, -0.05) is 34.1 Å². The van der Waals surface area contributed by atoms with Crippen LogP contribution in [0.15, 0.2) is 0 Å². The van der Waals surface area contributed by atoms with E-state index in [1.54, 1.807) is 0 Å². The standard InChI is InChI=1S/C12H24N2O2/c1-5-9(4)11(13)12(16)14-10(7-15)6-8(2)3/h7-11H,5-6,13H2,1-4H3,(H,14,16)/t9-,10-,11-/m0/s1. The number of amides is 1. The number of carbonyl (C=O) groups excluding carboxylic acids is 2. The summed E-state index contributed by atoms with van der Waals surface area (Å²) >= 11 is 0. The molecule has 94 valence electrons. The summed E-state index contributed by atoms with van der Waals surface area (Å²) in [6.45, 7) is 7.94. The third kappa shape index (κ3) is 5.26. The molecular formula is C12H24N2O2. The second-order valence-electron chi connectivity index (χ2n) is 4.79. The van der Waals surface area contributed by atoms with E-state index < -0.39 is 12.1 Å². The first-order valence-electron chi connectivity index (χ1n) is 5.93. The van der Waals surface area contributed by atoms with Gasteiger partial charge in [0.25, 0.3) is 0 Å². The lowest BCUT2D eigenvalue weighted by atomic mass is 9.98. The Kier molecular flexibility index (Phi) is 6.97. The van der Waals surface area contributed by atoms with Crippen molar-refractivity contribution in [3.05, 3.63) is 0 Å². The molecule has 0 saturated heterocycles. The fourth-order valence-corrected chi connectivity index (χ4v) is 1.45. The summed E-state index contributed by atoms with van der Waals surface area (Å²) in [7, 11) is 0. The Hall–Kier alpha value is -0.900. The molecule has 0 bridgehead atoms. The number of hydrogen-bond acceptors (Lipinski definition) is 3. The van der Waals surface area contributed by atoms with E-state index in [0.29, 0.717) is 12.3 Å². The van der Waals surface area contributed by atoms with Crippen LogP contribution in [-0.2, 0) is 9.59 Å². The Morgan fingerprint density at radius 2 is 1.94 bits per heavy atom. The molecule has 0 fully saturated rings. The van der Waals surface area contributed by atoms with Gasteiger partial charge < -0.3 is 15.8 Å². The first kappa shape index (κ1) is 15.1. The molecule has 0 heterocycles. The highest BCUT2D eigenvalue weighted by Gasteiger charge is 2.22. The Morgan fingerprint density at radius 3 is 2.31 bits per heavy atom. The van der Waals surface area contributed by atoms with Crippen molar-refractivity contribution in [2.75, 3.05) is 0 Å². The van der Waals surface area contributed by atoms with Gasteiger partial charge in [0.1, 0.15) is 6.29 Å². The lowest BCUT2D eigenvalue weighted by Gasteiger charge is -2.21. The number of aldehydes is 1. The molecule has 0 aromatic heterocycles. The summed E-state index contributed by atoms with van der Waals surface area (Å²) in [6.07, 6.45) is 2.29. The number of nitrogens with one attached hydrogen (secondary N) is 1. The molecule has 0 rings (SSSR count). The first-order chi connectivity index (χ1) is 7.42. The van der Waals surface area contributed by atoms with Crippen molar-refractivity contribution >= 4 is 12.2 Å². The van der Waals surface area contributed by atoms with Crippen LogP contribution in [-0.4, -0.2) is 24.3 Å². The topological polar surface area (TPSA) is 72.2 Å². The molecule has 0 spiro atoms. The highest BCUT2D eigenvalue weighted by Crippen LogP contribution is 2.07. The predicted octanol–water partition coefficient (Wildman–Crippen LogP) is 1.09. The molecule has 0 radical (unpaired) electrons. The summed E-state index contributed by atoms with van der Waals surface area (Å²) in [5, 5.41) is 2.68. The molecular weight excluding hydrogens is 204 g/mol. The van der Waals surface area contributed by atoms with Gasteiger partial charge in [-0.05, 0) is 18.3 Å².